The van der Waals surface area contributed by atoms with Gasteiger partial charge in [0.05, 0.1) is 6.26 Å². The molecule has 0 aliphatic heterocycles. The molecule has 6 heteroatoms. The molecule has 2 rings (SSSR count). The monoisotopic (exact) mass is 344 g/mol. The maximum Gasteiger partial charge on any atom is 0.342 e. The molecule has 0 radical (unpaired) electrons. The third-order valence-corrected chi connectivity index (χ3v) is 3.86. The van der Waals surface area contributed by atoms with E-state index in [2.05, 4.69) is 31.0 Å². The van der Waals surface area contributed by atoms with Gasteiger partial charge in [0.15, 0.2) is 6.61 Å². The highest BCUT2D eigenvalue weighted by atomic mass is 16.5. The summed E-state index contributed by atoms with van der Waals surface area (Å²) in [7, 11) is 0. The number of carbonyl (C=O) groups excluding carboxylic acids is 2. The summed E-state index contributed by atoms with van der Waals surface area (Å²) in [6.45, 7) is 8.59. The van der Waals surface area contributed by atoms with Crippen LogP contribution in [0.15, 0.2) is 41.0 Å². The second kappa shape index (κ2) is 8.37. The van der Waals surface area contributed by atoms with Gasteiger partial charge in [0.1, 0.15) is 11.3 Å². The van der Waals surface area contributed by atoms with Crippen molar-refractivity contribution in [2.45, 2.75) is 33.7 Å². The summed E-state index contributed by atoms with van der Waals surface area (Å²) in [6.07, 6.45) is 1.41. The standard InChI is InChI=1S/C19H24N2O4/c1-5-21(13(2)3)16-8-6-15(7-9-16)20-18(22)12-25-19(23)17-10-11-24-14(17)4/h6-11,13H,5,12H2,1-4H3,(H,20,22). The molecule has 0 bridgehead atoms. The third kappa shape index (κ3) is 4.86. The number of aryl methyl sites for hydroxylation is 1. The molecule has 0 spiro atoms. The average Bonchev–Trinajstić information content (AvgIpc) is 3.00. The van der Waals surface area contributed by atoms with Gasteiger partial charge >= 0.3 is 5.97 Å². The van der Waals surface area contributed by atoms with Crippen molar-refractivity contribution < 1.29 is 18.7 Å². The van der Waals surface area contributed by atoms with E-state index in [9.17, 15) is 9.59 Å². The van der Waals surface area contributed by atoms with Crippen molar-refractivity contribution in [1.29, 1.82) is 0 Å². The van der Waals surface area contributed by atoms with E-state index in [0.717, 1.165) is 12.2 Å². The molecule has 2 aromatic rings. The number of nitrogens with one attached hydrogen (secondary N) is 1. The minimum atomic E-state index is -0.577. The van der Waals surface area contributed by atoms with Gasteiger partial charge in [-0.3, -0.25) is 4.79 Å². The molecule has 1 heterocycles. The number of carbonyl (C=O) groups is 2. The summed E-state index contributed by atoms with van der Waals surface area (Å²) in [5, 5.41) is 2.71. The van der Waals surface area contributed by atoms with E-state index in [1.54, 1.807) is 6.92 Å². The maximum absolute atomic E-state index is 11.9. The molecule has 6 nitrogen and oxygen atoms in total. The van der Waals surface area contributed by atoms with Crippen LogP contribution in [-0.4, -0.2) is 31.1 Å². The Labute approximate surface area is 147 Å². The van der Waals surface area contributed by atoms with Gasteiger partial charge in [-0.05, 0) is 58.0 Å². The molecule has 25 heavy (non-hydrogen) atoms. The predicted octanol–water partition coefficient (Wildman–Crippen LogP) is 3.62. The molecule has 0 fully saturated rings. The van der Waals surface area contributed by atoms with Crippen LogP contribution in [0.4, 0.5) is 11.4 Å². The quantitative estimate of drug-likeness (QED) is 0.777. The van der Waals surface area contributed by atoms with Gasteiger partial charge in [-0.2, -0.15) is 0 Å². The van der Waals surface area contributed by atoms with Crippen LogP contribution in [0.5, 0.6) is 0 Å². The number of rotatable bonds is 7. The second-order valence-electron chi connectivity index (χ2n) is 5.94. The first kappa shape index (κ1) is 18.6. The Balaban J connectivity index is 1.88. The Morgan fingerprint density at radius 3 is 2.40 bits per heavy atom. The predicted molar refractivity (Wildman–Crippen MR) is 97.0 cm³/mol. The third-order valence-electron chi connectivity index (χ3n) is 3.86. The highest BCUT2D eigenvalue weighted by molar-refractivity contribution is 5.95. The van der Waals surface area contributed by atoms with Crippen LogP contribution in [0.2, 0.25) is 0 Å². The highest BCUT2D eigenvalue weighted by Crippen LogP contribution is 2.20. The number of hydrogen-bond acceptors (Lipinski definition) is 5. The number of benzene rings is 1. The number of furan rings is 1. The lowest BCUT2D eigenvalue weighted by Gasteiger charge is -2.27. The van der Waals surface area contributed by atoms with E-state index >= 15 is 0 Å². The summed E-state index contributed by atoms with van der Waals surface area (Å²) in [5.74, 6) is -0.502. The zero-order chi connectivity index (χ0) is 18.4. The molecule has 0 unspecified atom stereocenters. The van der Waals surface area contributed by atoms with Crippen LogP contribution in [0, 0.1) is 6.92 Å². The van der Waals surface area contributed by atoms with Gasteiger partial charge in [0.25, 0.3) is 5.91 Å². The molecular formula is C19H24N2O4. The van der Waals surface area contributed by atoms with Gasteiger partial charge in [-0.15, -0.1) is 0 Å². The number of nitrogens with zero attached hydrogens (tertiary/aromatic N) is 1. The van der Waals surface area contributed by atoms with Crippen LogP contribution >= 0.6 is 0 Å². The number of anilines is 2. The second-order valence-corrected chi connectivity index (χ2v) is 5.94. The molecule has 0 atom stereocenters. The molecule has 0 saturated heterocycles. The Morgan fingerprint density at radius 2 is 1.88 bits per heavy atom. The number of hydrogen-bond donors (Lipinski definition) is 1. The first-order chi connectivity index (χ1) is 11.9. The molecule has 1 aromatic heterocycles. The van der Waals surface area contributed by atoms with Crippen LogP contribution in [0.3, 0.4) is 0 Å². The molecule has 1 amide bonds. The summed E-state index contributed by atoms with van der Waals surface area (Å²) < 4.78 is 10.0. The fraction of sp³-hybridized carbons (Fsp3) is 0.368. The van der Waals surface area contributed by atoms with Crippen molar-refractivity contribution >= 4 is 23.3 Å². The Morgan fingerprint density at radius 1 is 1.20 bits per heavy atom. The van der Waals surface area contributed by atoms with Crippen LogP contribution in [-0.2, 0) is 9.53 Å². The van der Waals surface area contributed by atoms with Crippen molar-refractivity contribution in [2.75, 3.05) is 23.4 Å². The van der Waals surface area contributed by atoms with E-state index in [1.165, 1.54) is 12.3 Å². The van der Waals surface area contributed by atoms with Crippen molar-refractivity contribution in [1.82, 2.24) is 0 Å². The average molecular weight is 344 g/mol. The number of esters is 1. The summed E-state index contributed by atoms with van der Waals surface area (Å²) in [4.78, 5) is 26.0. The SMILES string of the molecule is CCN(c1ccc(NC(=O)COC(=O)c2ccoc2C)cc1)C(C)C. The molecule has 1 aromatic carbocycles. The Kier molecular flexibility index (Phi) is 6.22. The van der Waals surface area contributed by atoms with Crippen LogP contribution < -0.4 is 10.2 Å². The van der Waals surface area contributed by atoms with E-state index < -0.39 is 11.9 Å². The normalized spacial score (nSPS) is 10.6. The van der Waals surface area contributed by atoms with Gasteiger partial charge in [0, 0.05) is 24.0 Å². The molecule has 0 saturated carbocycles. The minimum absolute atomic E-state index is 0.325. The summed E-state index contributed by atoms with van der Waals surface area (Å²) in [6, 6.07) is 9.50. The van der Waals surface area contributed by atoms with E-state index in [-0.39, 0.29) is 6.61 Å². The highest BCUT2D eigenvalue weighted by Gasteiger charge is 2.15. The zero-order valence-electron chi connectivity index (χ0n) is 15.0. The van der Waals surface area contributed by atoms with Crippen molar-refractivity contribution in [2.24, 2.45) is 0 Å². The Bertz CT molecular complexity index is 719. The number of amides is 1. The zero-order valence-corrected chi connectivity index (χ0v) is 15.0. The minimum Gasteiger partial charge on any atom is -0.469 e. The van der Waals surface area contributed by atoms with Gasteiger partial charge in [-0.25, -0.2) is 4.79 Å². The van der Waals surface area contributed by atoms with Crippen LogP contribution in [0.1, 0.15) is 36.9 Å². The molecule has 0 aliphatic carbocycles. The van der Waals surface area contributed by atoms with Gasteiger partial charge in [-0.1, -0.05) is 0 Å². The first-order valence-corrected chi connectivity index (χ1v) is 8.30. The molecule has 1 N–H and O–H groups in total. The number of ether oxygens (including phenoxy) is 1. The van der Waals surface area contributed by atoms with Gasteiger partial charge < -0.3 is 19.4 Å². The fourth-order valence-corrected chi connectivity index (χ4v) is 2.58. The lowest BCUT2D eigenvalue weighted by atomic mass is 10.2. The molecule has 134 valence electrons. The lowest BCUT2D eigenvalue weighted by molar-refractivity contribution is -0.119. The molecule has 0 aliphatic rings. The smallest absolute Gasteiger partial charge is 0.342 e. The fourth-order valence-electron chi connectivity index (χ4n) is 2.58. The lowest BCUT2D eigenvalue weighted by Crippen LogP contribution is -2.30. The van der Waals surface area contributed by atoms with E-state index in [4.69, 9.17) is 9.15 Å². The van der Waals surface area contributed by atoms with E-state index in [0.29, 0.717) is 23.1 Å². The first-order valence-electron chi connectivity index (χ1n) is 8.30. The van der Waals surface area contributed by atoms with Crippen molar-refractivity contribution in [3.05, 3.63) is 47.9 Å². The summed E-state index contributed by atoms with van der Waals surface area (Å²) >= 11 is 0. The van der Waals surface area contributed by atoms with Crippen molar-refractivity contribution in [3.63, 3.8) is 0 Å². The topological polar surface area (TPSA) is 71.8 Å². The largest absolute Gasteiger partial charge is 0.469 e. The summed E-state index contributed by atoms with van der Waals surface area (Å²) in [5.41, 5.74) is 2.08. The van der Waals surface area contributed by atoms with Gasteiger partial charge in [0.2, 0.25) is 0 Å². The molecular weight excluding hydrogens is 320 g/mol. The van der Waals surface area contributed by atoms with E-state index in [1.807, 2.05) is 24.3 Å². The van der Waals surface area contributed by atoms with Crippen molar-refractivity contribution in [3.8, 4) is 0 Å². The van der Waals surface area contributed by atoms with Crippen LogP contribution in [0.25, 0.3) is 0 Å². The Hall–Kier alpha value is -2.76. The maximum atomic E-state index is 11.9.